The van der Waals surface area contributed by atoms with Crippen LogP contribution in [0.1, 0.15) is 64.7 Å². The van der Waals surface area contributed by atoms with Crippen molar-refractivity contribution in [1.82, 2.24) is 21.3 Å². The van der Waals surface area contributed by atoms with Gasteiger partial charge in [0, 0.05) is 24.8 Å². The molecular weight excluding hydrogens is 400 g/mol. The summed E-state index contributed by atoms with van der Waals surface area (Å²) in [7, 11) is 2.73. The van der Waals surface area contributed by atoms with Gasteiger partial charge in [0.25, 0.3) is 0 Å². The van der Waals surface area contributed by atoms with Crippen molar-refractivity contribution in [3.63, 3.8) is 0 Å². The predicted molar refractivity (Wildman–Crippen MR) is 114 cm³/mol. The minimum Gasteiger partial charge on any atom is -0.337 e. The molecule has 1 aliphatic rings. The first-order valence-corrected chi connectivity index (χ1v) is 12.4. The maximum absolute atomic E-state index is 11.8. The SMILES string of the molecule is CCCCCC(=O)NC(=O)NCCSSCC(=O)NC(=O)NC1CCCCC1. The number of rotatable bonds is 11. The van der Waals surface area contributed by atoms with E-state index in [1.165, 1.54) is 28.0 Å². The highest BCUT2D eigenvalue weighted by molar-refractivity contribution is 8.76. The van der Waals surface area contributed by atoms with E-state index in [-0.39, 0.29) is 23.6 Å². The monoisotopic (exact) mass is 432 g/mol. The van der Waals surface area contributed by atoms with Crippen molar-refractivity contribution in [2.24, 2.45) is 0 Å². The van der Waals surface area contributed by atoms with Crippen molar-refractivity contribution in [3.8, 4) is 0 Å². The average molecular weight is 433 g/mol. The Bertz CT molecular complexity index is 514. The second-order valence-corrected chi connectivity index (χ2v) is 9.28. The Morgan fingerprint density at radius 2 is 1.61 bits per heavy atom. The smallest absolute Gasteiger partial charge is 0.321 e. The van der Waals surface area contributed by atoms with E-state index < -0.39 is 12.1 Å². The van der Waals surface area contributed by atoms with Gasteiger partial charge in [0.1, 0.15) is 0 Å². The highest BCUT2D eigenvalue weighted by atomic mass is 33.1. The molecule has 0 atom stereocenters. The third-order valence-corrected chi connectivity index (χ3v) is 6.47. The van der Waals surface area contributed by atoms with Crippen molar-refractivity contribution >= 4 is 45.5 Å². The van der Waals surface area contributed by atoms with Crippen LogP contribution >= 0.6 is 21.6 Å². The highest BCUT2D eigenvalue weighted by Gasteiger charge is 2.16. The van der Waals surface area contributed by atoms with E-state index in [1.54, 1.807) is 0 Å². The van der Waals surface area contributed by atoms with Gasteiger partial charge in [-0.2, -0.15) is 0 Å². The number of imide groups is 2. The summed E-state index contributed by atoms with van der Waals surface area (Å²) >= 11 is 0. The normalized spacial score (nSPS) is 14.2. The van der Waals surface area contributed by atoms with Gasteiger partial charge in [-0.25, -0.2) is 9.59 Å². The lowest BCUT2D eigenvalue weighted by molar-refractivity contribution is -0.120. The van der Waals surface area contributed by atoms with Crippen LogP contribution in [0.5, 0.6) is 0 Å². The van der Waals surface area contributed by atoms with Gasteiger partial charge in [0.15, 0.2) is 0 Å². The molecule has 8 nitrogen and oxygen atoms in total. The van der Waals surface area contributed by atoms with Gasteiger partial charge in [-0.05, 0) is 19.3 Å². The van der Waals surface area contributed by atoms with Crippen molar-refractivity contribution in [2.45, 2.75) is 70.8 Å². The number of carbonyl (C=O) groups is 4. The van der Waals surface area contributed by atoms with Gasteiger partial charge in [-0.1, -0.05) is 60.6 Å². The second-order valence-electron chi connectivity index (χ2n) is 6.70. The van der Waals surface area contributed by atoms with E-state index in [0.29, 0.717) is 18.7 Å². The van der Waals surface area contributed by atoms with Crippen LogP contribution in [-0.4, -0.2) is 48.0 Å². The molecule has 0 spiro atoms. The molecular formula is C18H32N4O4S2. The minimum atomic E-state index is -0.496. The molecule has 0 radical (unpaired) electrons. The molecule has 6 amide bonds. The first-order valence-electron chi connectivity index (χ1n) is 9.93. The third-order valence-electron chi connectivity index (χ3n) is 4.20. The molecule has 0 unspecified atom stereocenters. The second kappa shape index (κ2) is 15.5. The zero-order valence-electron chi connectivity index (χ0n) is 16.5. The summed E-state index contributed by atoms with van der Waals surface area (Å²) in [6.07, 6.45) is 8.51. The van der Waals surface area contributed by atoms with E-state index >= 15 is 0 Å². The van der Waals surface area contributed by atoms with Crippen LogP contribution < -0.4 is 21.3 Å². The van der Waals surface area contributed by atoms with Crippen molar-refractivity contribution in [3.05, 3.63) is 0 Å². The Kier molecular flexibility index (Phi) is 13.6. The van der Waals surface area contributed by atoms with Crippen LogP contribution in [0, 0.1) is 0 Å². The molecule has 1 rings (SSSR count). The van der Waals surface area contributed by atoms with Crippen molar-refractivity contribution < 1.29 is 19.2 Å². The average Bonchev–Trinajstić information content (AvgIpc) is 2.65. The number of amides is 6. The van der Waals surface area contributed by atoms with E-state index in [0.717, 1.165) is 44.9 Å². The molecule has 0 saturated heterocycles. The molecule has 0 bridgehead atoms. The largest absolute Gasteiger partial charge is 0.337 e. The molecule has 10 heteroatoms. The first kappa shape index (κ1) is 24.6. The number of carbonyl (C=O) groups excluding carboxylic acids is 4. The maximum Gasteiger partial charge on any atom is 0.321 e. The molecule has 1 fully saturated rings. The zero-order valence-corrected chi connectivity index (χ0v) is 18.1. The Labute approximate surface area is 174 Å². The summed E-state index contributed by atoms with van der Waals surface area (Å²) < 4.78 is 0. The summed E-state index contributed by atoms with van der Waals surface area (Å²) in [4.78, 5) is 46.5. The van der Waals surface area contributed by atoms with Gasteiger partial charge < -0.3 is 10.6 Å². The van der Waals surface area contributed by atoms with Gasteiger partial charge in [-0.3, -0.25) is 20.2 Å². The third kappa shape index (κ3) is 12.9. The van der Waals surface area contributed by atoms with Gasteiger partial charge in [0.05, 0.1) is 5.75 Å². The lowest BCUT2D eigenvalue weighted by Crippen LogP contribution is -2.45. The summed E-state index contributed by atoms with van der Waals surface area (Å²) in [6.45, 7) is 2.44. The minimum absolute atomic E-state index is 0.158. The molecule has 0 aromatic carbocycles. The quantitative estimate of drug-likeness (QED) is 0.295. The molecule has 28 heavy (non-hydrogen) atoms. The van der Waals surface area contributed by atoms with Crippen LogP contribution in [-0.2, 0) is 9.59 Å². The lowest BCUT2D eigenvalue weighted by atomic mass is 9.96. The van der Waals surface area contributed by atoms with Crippen LogP contribution in [0.25, 0.3) is 0 Å². The van der Waals surface area contributed by atoms with E-state index in [1.807, 2.05) is 0 Å². The molecule has 1 aliphatic carbocycles. The van der Waals surface area contributed by atoms with Gasteiger partial charge >= 0.3 is 12.1 Å². The number of hydrogen-bond acceptors (Lipinski definition) is 6. The van der Waals surface area contributed by atoms with E-state index in [4.69, 9.17) is 0 Å². The summed E-state index contributed by atoms with van der Waals surface area (Å²) in [5, 5.41) is 10.1. The Morgan fingerprint density at radius 1 is 0.893 bits per heavy atom. The summed E-state index contributed by atoms with van der Waals surface area (Å²) in [5.41, 5.74) is 0. The van der Waals surface area contributed by atoms with Crippen LogP contribution in [0.4, 0.5) is 9.59 Å². The van der Waals surface area contributed by atoms with Crippen LogP contribution in [0.3, 0.4) is 0 Å². The zero-order chi connectivity index (χ0) is 20.6. The number of hydrogen-bond donors (Lipinski definition) is 4. The van der Waals surface area contributed by atoms with Crippen LogP contribution in [0.2, 0.25) is 0 Å². The Balaban J connectivity index is 1.98. The fourth-order valence-electron chi connectivity index (χ4n) is 2.76. The lowest BCUT2D eigenvalue weighted by Gasteiger charge is -2.22. The molecule has 0 aromatic heterocycles. The molecule has 1 saturated carbocycles. The van der Waals surface area contributed by atoms with Crippen molar-refractivity contribution in [2.75, 3.05) is 18.1 Å². The topological polar surface area (TPSA) is 116 Å². The Hall–Kier alpha value is -1.42. The van der Waals surface area contributed by atoms with Gasteiger partial charge in [0.2, 0.25) is 11.8 Å². The molecule has 0 heterocycles. The molecule has 4 N–H and O–H groups in total. The molecule has 0 aliphatic heterocycles. The maximum atomic E-state index is 11.8. The van der Waals surface area contributed by atoms with Crippen LogP contribution in [0.15, 0.2) is 0 Å². The van der Waals surface area contributed by atoms with Gasteiger partial charge in [-0.15, -0.1) is 0 Å². The molecule has 0 aromatic rings. The predicted octanol–water partition coefficient (Wildman–Crippen LogP) is 2.93. The highest BCUT2D eigenvalue weighted by Crippen LogP contribution is 2.20. The number of nitrogens with one attached hydrogen (secondary N) is 4. The van der Waals surface area contributed by atoms with E-state index in [9.17, 15) is 19.2 Å². The fourth-order valence-corrected chi connectivity index (χ4v) is 4.50. The number of urea groups is 2. The summed E-state index contributed by atoms with van der Waals surface area (Å²) in [6, 6.07) is -0.756. The summed E-state index contributed by atoms with van der Waals surface area (Å²) in [5.74, 6) is 0.138. The first-order chi connectivity index (χ1) is 13.5. The van der Waals surface area contributed by atoms with E-state index in [2.05, 4.69) is 28.2 Å². The van der Waals surface area contributed by atoms with Crippen molar-refractivity contribution in [1.29, 1.82) is 0 Å². The number of unbranched alkanes of at least 4 members (excludes halogenated alkanes) is 2. The Morgan fingerprint density at radius 3 is 2.32 bits per heavy atom. The standard InChI is InChI=1S/C18H32N4O4S2/c1-2-3-5-10-15(23)21-17(25)19-11-12-27-28-13-16(24)22-18(26)20-14-8-6-4-7-9-14/h14H,2-13H2,1H3,(H2,19,21,23,25)(H2,20,22,24,26). The fraction of sp³-hybridized carbons (Fsp3) is 0.778. The molecule has 160 valence electrons.